The fourth-order valence-electron chi connectivity index (χ4n) is 4.82. The highest BCUT2D eigenvalue weighted by atomic mass is 32.1. The number of imidazole rings is 1. The predicted octanol–water partition coefficient (Wildman–Crippen LogP) is 5.57. The third kappa shape index (κ3) is 6.36. The van der Waals surface area contributed by atoms with Crippen LogP contribution in [0, 0.1) is 0 Å². The van der Waals surface area contributed by atoms with Crippen LogP contribution in [0.1, 0.15) is 42.5 Å². The molecule has 0 aliphatic carbocycles. The average Bonchev–Trinajstić information content (AvgIpc) is 3.74. The van der Waals surface area contributed by atoms with Gasteiger partial charge in [-0.25, -0.2) is 14.5 Å². The molecule has 236 valence electrons. The minimum absolute atomic E-state index is 0.138. The number of aliphatic hydroxyl groups excluding tert-OH is 1. The number of phenols is 1. The predicted molar refractivity (Wildman–Crippen MR) is 176 cm³/mol. The number of amides is 3. The molecule has 0 fully saturated rings. The van der Waals surface area contributed by atoms with Gasteiger partial charge in [0.15, 0.2) is 4.96 Å². The summed E-state index contributed by atoms with van der Waals surface area (Å²) in [5.41, 5.74) is 3.21. The number of carbonyl (C=O) groups excluding carboxylic acids is 2. The minimum atomic E-state index is -0.419. The number of benzene rings is 3. The van der Waals surface area contributed by atoms with Crippen LogP contribution in [0.5, 0.6) is 17.2 Å². The molecule has 0 unspecified atom stereocenters. The number of aromatic nitrogens is 4. The zero-order chi connectivity index (χ0) is 32.4. The van der Waals surface area contributed by atoms with Crippen molar-refractivity contribution in [3.05, 3.63) is 95.9 Å². The van der Waals surface area contributed by atoms with Crippen molar-refractivity contribution in [2.24, 2.45) is 0 Å². The van der Waals surface area contributed by atoms with E-state index in [4.69, 9.17) is 14.9 Å². The van der Waals surface area contributed by atoms with Crippen LogP contribution in [-0.4, -0.2) is 54.5 Å². The zero-order valence-electron chi connectivity index (χ0n) is 25.4. The van der Waals surface area contributed by atoms with Crippen LogP contribution < -0.4 is 20.7 Å². The van der Waals surface area contributed by atoms with Crippen molar-refractivity contribution in [3.63, 3.8) is 0 Å². The molecule has 0 bridgehead atoms. The van der Waals surface area contributed by atoms with Crippen LogP contribution in [0.2, 0.25) is 0 Å². The summed E-state index contributed by atoms with van der Waals surface area (Å²) in [5.74, 6) is 1.48. The Morgan fingerprint density at radius 3 is 2.54 bits per heavy atom. The van der Waals surface area contributed by atoms with Gasteiger partial charge in [0, 0.05) is 36.2 Å². The van der Waals surface area contributed by atoms with Gasteiger partial charge >= 0.3 is 6.03 Å². The number of urea groups is 1. The Kier molecular flexibility index (Phi) is 8.35. The number of phenolic OH excluding ortho intramolecular Hbond substituents is 1. The molecule has 0 aliphatic heterocycles. The van der Waals surface area contributed by atoms with Gasteiger partial charge in [0.05, 0.1) is 34.4 Å². The molecular weight excluding hydrogens is 606 g/mol. The molecule has 0 aliphatic rings. The van der Waals surface area contributed by atoms with E-state index in [1.54, 1.807) is 33.3 Å². The summed E-state index contributed by atoms with van der Waals surface area (Å²) in [7, 11) is 0. The fraction of sp³-hybridized carbons (Fsp3) is 0.212. The summed E-state index contributed by atoms with van der Waals surface area (Å²) >= 11 is 1.43. The molecule has 0 atom stereocenters. The lowest BCUT2D eigenvalue weighted by Crippen LogP contribution is -2.29. The summed E-state index contributed by atoms with van der Waals surface area (Å²) in [4.78, 5) is 30.7. The van der Waals surface area contributed by atoms with E-state index in [9.17, 15) is 14.7 Å². The van der Waals surface area contributed by atoms with Crippen molar-refractivity contribution in [2.45, 2.75) is 32.7 Å². The highest BCUT2D eigenvalue weighted by molar-refractivity contribution is 7.23. The largest absolute Gasteiger partial charge is 0.508 e. The molecule has 0 saturated carbocycles. The van der Waals surface area contributed by atoms with Gasteiger partial charge in [-0.05, 0) is 42.5 Å². The molecule has 3 heterocycles. The molecule has 3 aromatic carbocycles. The summed E-state index contributed by atoms with van der Waals surface area (Å²) in [6, 6.07) is 21.0. The van der Waals surface area contributed by atoms with Gasteiger partial charge in [-0.1, -0.05) is 50.3 Å². The lowest BCUT2D eigenvalue weighted by atomic mass is 9.92. The number of hydrogen-bond donors (Lipinski definition) is 5. The van der Waals surface area contributed by atoms with Crippen LogP contribution in [0.25, 0.3) is 20.9 Å². The Morgan fingerprint density at radius 2 is 1.78 bits per heavy atom. The molecule has 3 aromatic heterocycles. The number of thiazole rings is 1. The lowest BCUT2D eigenvalue weighted by molar-refractivity contribution is 0.0939. The fourth-order valence-corrected chi connectivity index (χ4v) is 5.85. The van der Waals surface area contributed by atoms with Crippen LogP contribution in [0.15, 0.2) is 79.0 Å². The van der Waals surface area contributed by atoms with Crippen LogP contribution >= 0.6 is 11.3 Å². The van der Waals surface area contributed by atoms with Gasteiger partial charge in [-0.2, -0.15) is 5.10 Å². The number of ether oxygens (including phenoxy) is 1. The quantitative estimate of drug-likeness (QED) is 0.138. The molecule has 12 nitrogen and oxygen atoms in total. The highest BCUT2D eigenvalue weighted by Gasteiger charge is 2.22. The van der Waals surface area contributed by atoms with Crippen LogP contribution in [0.4, 0.5) is 10.6 Å². The first-order chi connectivity index (χ1) is 22.1. The Morgan fingerprint density at radius 1 is 1.00 bits per heavy atom. The maximum atomic E-state index is 13.1. The van der Waals surface area contributed by atoms with Gasteiger partial charge in [0.2, 0.25) is 0 Å². The first-order valence-corrected chi connectivity index (χ1v) is 15.4. The van der Waals surface area contributed by atoms with E-state index in [1.165, 1.54) is 17.5 Å². The topological polar surface area (TPSA) is 155 Å². The number of aromatic hydroxyl groups is 1. The van der Waals surface area contributed by atoms with E-state index in [0.29, 0.717) is 33.7 Å². The van der Waals surface area contributed by atoms with Crippen molar-refractivity contribution < 1.29 is 24.5 Å². The Hall–Kier alpha value is -5.40. The van der Waals surface area contributed by atoms with Crippen molar-refractivity contribution >= 4 is 44.3 Å². The second-order valence-corrected chi connectivity index (χ2v) is 12.6. The first-order valence-electron chi connectivity index (χ1n) is 14.6. The number of nitrogens with zero attached hydrogens (tertiary/aromatic N) is 4. The normalized spacial score (nSPS) is 11.6. The molecule has 6 rings (SSSR count). The first kappa shape index (κ1) is 30.6. The molecule has 0 spiro atoms. The number of anilines is 1. The Labute approximate surface area is 268 Å². The molecule has 6 aromatic rings. The van der Waals surface area contributed by atoms with Crippen molar-refractivity contribution in [1.29, 1.82) is 0 Å². The minimum Gasteiger partial charge on any atom is -0.508 e. The van der Waals surface area contributed by atoms with Gasteiger partial charge in [0.1, 0.15) is 28.8 Å². The summed E-state index contributed by atoms with van der Waals surface area (Å²) in [6.07, 6.45) is 1.52. The van der Waals surface area contributed by atoms with E-state index >= 15 is 0 Å². The standard InChI is InChI=1S/C33H33N7O5S/c1-33(2,3)28-17-29(40(38-28)21-8-10-22(42)11-9-21)37-31(44)35-18-20-6-4-5-7-26(20)45-23-12-13-24-27(16-23)46-32-36-19-25(39(24)32)30(43)34-14-15-41/h4-13,16-17,19,41-42H,14-15,18H2,1-3H3,(H,34,43)(H2,35,37,44). The number of carbonyl (C=O) groups is 2. The maximum Gasteiger partial charge on any atom is 0.320 e. The van der Waals surface area contributed by atoms with E-state index in [2.05, 4.69) is 20.9 Å². The number of hydrogen-bond acceptors (Lipinski definition) is 8. The van der Waals surface area contributed by atoms with Gasteiger partial charge in [-0.15, -0.1) is 0 Å². The van der Waals surface area contributed by atoms with Crippen LogP contribution in [-0.2, 0) is 12.0 Å². The smallest absolute Gasteiger partial charge is 0.320 e. The molecule has 0 radical (unpaired) electrons. The van der Waals surface area contributed by atoms with E-state index < -0.39 is 6.03 Å². The molecule has 3 amide bonds. The maximum absolute atomic E-state index is 13.1. The summed E-state index contributed by atoms with van der Waals surface area (Å²) < 4.78 is 10.6. The number of fused-ring (bicyclic) bond motifs is 3. The van der Waals surface area contributed by atoms with Gasteiger partial charge in [-0.3, -0.25) is 14.5 Å². The monoisotopic (exact) mass is 639 g/mol. The van der Waals surface area contributed by atoms with Crippen molar-refractivity contribution in [1.82, 2.24) is 29.8 Å². The van der Waals surface area contributed by atoms with Crippen LogP contribution in [0.3, 0.4) is 0 Å². The zero-order valence-corrected chi connectivity index (χ0v) is 26.3. The van der Waals surface area contributed by atoms with Crippen molar-refractivity contribution in [2.75, 3.05) is 18.5 Å². The number of para-hydroxylation sites is 1. The van der Waals surface area contributed by atoms with E-state index in [1.807, 2.05) is 69.3 Å². The Bertz CT molecular complexity index is 2040. The average molecular weight is 640 g/mol. The summed E-state index contributed by atoms with van der Waals surface area (Å²) in [5, 5.41) is 32.0. The summed E-state index contributed by atoms with van der Waals surface area (Å²) in [6.45, 7) is 6.34. The second kappa shape index (κ2) is 12.5. The van der Waals surface area contributed by atoms with Gasteiger partial charge < -0.3 is 25.6 Å². The molecule has 0 saturated heterocycles. The Balaban J connectivity index is 1.17. The van der Waals surface area contributed by atoms with E-state index in [0.717, 1.165) is 21.5 Å². The molecule has 13 heteroatoms. The third-order valence-electron chi connectivity index (χ3n) is 7.19. The molecule has 5 N–H and O–H groups in total. The number of rotatable bonds is 9. The van der Waals surface area contributed by atoms with Gasteiger partial charge in [0.25, 0.3) is 5.91 Å². The highest BCUT2D eigenvalue weighted by Crippen LogP contribution is 2.33. The second-order valence-electron chi connectivity index (χ2n) is 11.6. The molecular formula is C33H33N7O5S. The SMILES string of the molecule is CC(C)(C)c1cc(NC(=O)NCc2ccccc2Oc2ccc3c(c2)sc2ncc(C(=O)NCCO)n23)n(-c2ccc(O)cc2)n1. The number of aliphatic hydroxyl groups is 1. The van der Waals surface area contributed by atoms with Crippen molar-refractivity contribution in [3.8, 4) is 22.9 Å². The number of nitrogens with one attached hydrogen (secondary N) is 3. The molecule has 46 heavy (non-hydrogen) atoms. The lowest BCUT2D eigenvalue weighted by Gasteiger charge is -2.14. The third-order valence-corrected chi connectivity index (χ3v) is 8.20. The van der Waals surface area contributed by atoms with E-state index in [-0.39, 0.29) is 36.8 Å².